The van der Waals surface area contributed by atoms with Gasteiger partial charge in [-0.2, -0.15) is 0 Å². The molecule has 19 heavy (non-hydrogen) atoms. The van der Waals surface area contributed by atoms with E-state index in [0.29, 0.717) is 12.3 Å². The number of hydrogen-bond donors (Lipinski definition) is 2. The van der Waals surface area contributed by atoms with Crippen molar-refractivity contribution in [1.29, 1.82) is 0 Å². The van der Waals surface area contributed by atoms with Gasteiger partial charge in [0.15, 0.2) is 0 Å². The van der Waals surface area contributed by atoms with Gasteiger partial charge in [0.05, 0.1) is 0 Å². The molecule has 7 nitrogen and oxygen atoms in total. The molecule has 1 fully saturated rings. The van der Waals surface area contributed by atoms with Gasteiger partial charge >= 0.3 is 0 Å². The molecule has 2 amide bonds. The molecule has 1 aliphatic rings. The van der Waals surface area contributed by atoms with E-state index in [2.05, 4.69) is 25.6 Å². The number of nitrogens with one attached hydrogen (secondary N) is 2. The van der Waals surface area contributed by atoms with Crippen molar-refractivity contribution in [3.05, 3.63) is 0 Å². The van der Waals surface area contributed by atoms with E-state index in [0.717, 1.165) is 6.42 Å². The van der Waals surface area contributed by atoms with Crippen molar-refractivity contribution < 1.29 is 14.2 Å². The van der Waals surface area contributed by atoms with Crippen LogP contribution in [-0.2, 0) is 9.59 Å². The van der Waals surface area contributed by atoms with Crippen molar-refractivity contribution in [2.75, 3.05) is 10.6 Å². The Bertz CT molecular complexity index is 452. The summed E-state index contributed by atoms with van der Waals surface area (Å²) in [6, 6.07) is 0. The smallest absolute Gasteiger partial charge is 0.225 e. The Hall–Kier alpha value is -1.92. The number of aromatic nitrogens is 2. The maximum atomic E-state index is 11.8. The zero-order valence-electron chi connectivity index (χ0n) is 10.9. The molecule has 0 atom stereocenters. The lowest BCUT2D eigenvalue weighted by Gasteiger charge is -2.08. The minimum Gasteiger partial charge on any atom is -0.305 e. The molecule has 7 heteroatoms. The highest BCUT2D eigenvalue weighted by molar-refractivity contribution is 5.96. The predicted octanol–water partition coefficient (Wildman–Crippen LogP) is 1.94. The highest BCUT2D eigenvalue weighted by atomic mass is 16.6. The first kappa shape index (κ1) is 13.5. The number of rotatable bonds is 5. The van der Waals surface area contributed by atoms with Crippen molar-refractivity contribution in [3.63, 3.8) is 0 Å². The fourth-order valence-corrected chi connectivity index (χ4v) is 2.35. The van der Waals surface area contributed by atoms with E-state index in [1.807, 2.05) is 0 Å². The second kappa shape index (κ2) is 6.31. The number of amides is 2. The maximum absolute atomic E-state index is 11.8. The van der Waals surface area contributed by atoms with E-state index in [1.54, 1.807) is 0 Å². The maximum Gasteiger partial charge on any atom is 0.225 e. The summed E-state index contributed by atoms with van der Waals surface area (Å²) in [5.41, 5.74) is 0. The Labute approximate surface area is 111 Å². The largest absolute Gasteiger partial charge is 0.305 e. The van der Waals surface area contributed by atoms with Crippen LogP contribution in [0.15, 0.2) is 4.63 Å². The molecular weight excluding hydrogens is 248 g/mol. The topological polar surface area (TPSA) is 97.1 Å². The molecule has 0 saturated heterocycles. The second-order valence-corrected chi connectivity index (χ2v) is 4.88. The highest BCUT2D eigenvalue weighted by Crippen LogP contribution is 2.28. The van der Waals surface area contributed by atoms with E-state index in [1.165, 1.54) is 32.6 Å². The van der Waals surface area contributed by atoms with Gasteiger partial charge in [0, 0.05) is 13.3 Å². The van der Waals surface area contributed by atoms with Crippen LogP contribution in [0.3, 0.4) is 0 Å². The molecule has 1 aliphatic carbocycles. The standard InChI is InChI=1S/C12H18N4O3/c1-8(17)13-11-12(16-19-15-11)14-10(18)7-6-9-4-2-3-5-9/h9H,2-7H2,1H3,(H,13,15,17)(H,14,16,18). The van der Waals surface area contributed by atoms with E-state index in [-0.39, 0.29) is 23.5 Å². The monoisotopic (exact) mass is 266 g/mol. The van der Waals surface area contributed by atoms with Crippen LogP contribution in [0, 0.1) is 5.92 Å². The van der Waals surface area contributed by atoms with E-state index in [9.17, 15) is 9.59 Å². The molecule has 104 valence electrons. The molecular formula is C12H18N4O3. The third kappa shape index (κ3) is 4.04. The summed E-state index contributed by atoms with van der Waals surface area (Å²) >= 11 is 0. The van der Waals surface area contributed by atoms with Crippen LogP contribution < -0.4 is 10.6 Å². The van der Waals surface area contributed by atoms with E-state index in [4.69, 9.17) is 0 Å². The lowest BCUT2D eigenvalue weighted by Crippen LogP contribution is -2.15. The van der Waals surface area contributed by atoms with Crippen molar-refractivity contribution in [2.45, 2.75) is 45.4 Å². The lowest BCUT2D eigenvalue weighted by atomic mass is 10.0. The predicted molar refractivity (Wildman–Crippen MR) is 68.4 cm³/mol. The summed E-state index contributed by atoms with van der Waals surface area (Å²) in [5, 5.41) is 12.1. The van der Waals surface area contributed by atoms with Gasteiger partial charge in [0.2, 0.25) is 23.5 Å². The third-order valence-electron chi connectivity index (χ3n) is 3.30. The van der Waals surface area contributed by atoms with E-state index >= 15 is 0 Å². The van der Waals surface area contributed by atoms with Crippen molar-refractivity contribution in [3.8, 4) is 0 Å². The number of carbonyl (C=O) groups is 2. The minimum absolute atomic E-state index is 0.130. The first-order valence-corrected chi connectivity index (χ1v) is 6.55. The Morgan fingerprint density at radius 3 is 2.47 bits per heavy atom. The van der Waals surface area contributed by atoms with Crippen molar-refractivity contribution in [2.24, 2.45) is 5.92 Å². The Morgan fingerprint density at radius 2 is 1.84 bits per heavy atom. The average molecular weight is 266 g/mol. The number of nitrogens with zero attached hydrogens (tertiary/aromatic N) is 2. The Morgan fingerprint density at radius 1 is 1.21 bits per heavy atom. The molecule has 0 radical (unpaired) electrons. The first-order chi connectivity index (χ1) is 9.15. The molecule has 1 aromatic rings. The van der Waals surface area contributed by atoms with Crippen LogP contribution >= 0.6 is 0 Å². The van der Waals surface area contributed by atoms with Gasteiger partial charge < -0.3 is 10.6 Å². The third-order valence-corrected chi connectivity index (χ3v) is 3.30. The fourth-order valence-electron chi connectivity index (χ4n) is 2.35. The Balaban J connectivity index is 1.81. The van der Waals surface area contributed by atoms with Crippen molar-refractivity contribution in [1.82, 2.24) is 10.3 Å². The normalized spacial score (nSPS) is 15.4. The van der Waals surface area contributed by atoms with Gasteiger partial charge in [-0.3, -0.25) is 9.59 Å². The zero-order valence-corrected chi connectivity index (χ0v) is 10.9. The fraction of sp³-hybridized carbons (Fsp3) is 0.667. The molecule has 1 aromatic heterocycles. The quantitative estimate of drug-likeness (QED) is 0.848. The lowest BCUT2D eigenvalue weighted by molar-refractivity contribution is -0.116. The molecule has 2 rings (SSSR count). The van der Waals surface area contributed by atoms with Crippen LogP contribution in [0.2, 0.25) is 0 Å². The van der Waals surface area contributed by atoms with Crippen LogP contribution in [0.25, 0.3) is 0 Å². The van der Waals surface area contributed by atoms with E-state index < -0.39 is 0 Å². The van der Waals surface area contributed by atoms with Gasteiger partial charge in [-0.25, -0.2) is 4.63 Å². The SMILES string of the molecule is CC(=O)Nc1nonc1NC(=O)CCC1CCCC1. The van der Waals surface area contributed by atoms with Crippen LogP contribution in [0.5, 0.6) is 0 Å². The summed E-state index contributed by atoms with van der Waals surface area (Å²) in [6.07, 6.45) is 6.33. The van der Waals surface area contributed by atoms with Crippen LogP contribution in [0.1, 0.15) is 45.4 Å². The van der Waals surface area contributed by atoms with Crippen LogP contribution in [0.4, 0.5) is 11.6 Å². The van der Waals surface area contributed by atoms with Gasteiger partial charge in [-0.15, -0.1) is 0 Å². The molecule has 0 spiro atoms. The molecule has 1 saturated carbocycles. The summed E-state index contributed by atoms with van der Waals surface area (Å²) in [6.45, 7) is 1.35. The summed E-state index contributed by atoms with van der Waals surface area (Å²) in [7, 11) is 0. The van der Waals surface area contributed by atoms with Crippen LogP contribution in [-0.4, -0.2) is 22.1 Å². The molecule has 0 aliphatic heterocycles. The second-order valence-electron chi connectivity index (χ2n) is 4.88. The molecule has 1 heterocycles. The summed E-state index contributed by atoms with van der Waals surface area (Å²) in [5.74, 6) is 0.538. The van der Waals surface area contributed by atoms with Gasteiger partial charge in [0.1, 0.15) is 0 Å². The summed E-state index contributed by atoms with van der Waals surface area (Å²) in [4.78, 5) is 22.7. The minimum atomic E-state index is -0.294. The molecule has 2 N–H and O–H groups in total. The number of hydrogen-bond acceptors (Lipinski definition) is 5. The Kier molecular flexibility index (Phi) is 4.48. The van der Waals surface area contributed by atoms with Gasteiger partial charge in [-0.1, -0.05) is 25.7 Å². The molecule has 0 unspecified atom stereocenters. The van der Waals surface area contributed by atoms with Gasteiger partial charge in [-0.05, 0) is 22.7 Å². The van der Waals surface area contributed by atoms with Gasteiger partial charge in [0.25, 0.3) is 0 Å². The zero-order chi connectivity index (χ0) is 13.7. The molecule has 0 aromatic carbocycles. The first-order valence-electron chi connectivity index (χ1n) is 6.55. The van der Waals surface area contributed by atoms with Crippen molar-refractivity contribution >= 4 is 23.5 Å². The number of anilines is 2. The highest BCUT2D eigenvalue weighted by Gasteiger charge is 2.18. The average Bonchev–Trinajstić information content (AvgIpc) is 2.98. The molecule has 0 bridgehead atoms. The summed E-state index contributed by atoms with van der Waals surface area (Å²) < 4.78 is 4.50. The number of carbonyl (C=O) groups excluding carboxylic acids is 2.